The Morgan fingerprint density at radius 2 is 2.12 bits per heavy atom. The van der Waals surface area contributed by atoms with Gasteiger partial charge in [-0.3, -0.25) is 9.69 Å². The predicted molar refractivity (Wildman–Crippen MR) is 57.8 cm³/mol. The van der Waals surface area contributed by atoms with E-state index in [9.17, 15) is 9.18 Å². The standard InChI is InChI=1S/C12H14FNO2/c13-10-6-11(12(15)16)14(8-10)7-9-4-2-1-3-5-9/h1-5,10-11H,6-8H2,(H,15,16)/t10-,11-/m0/s1. The molecular weight excluding hydrogens is 209 g/mol. The normalized spacial score (nSPS) is 25.8. The molecule has 0 bridgehead atoms. The van der Waals surface area contributed by atoms with E-state index in [2.05, 4.69) is 0 Å². The lowest BCUT2D eigenvalue weighted by atomic mass is 10.2. The molecule has 1 heterocycles. The Labute approximate surface area is 93.5 Å². The molecule has 3 nitrogen and oxygen atoms in total. The van der Waals surface area contributed by atoms with E-state index in [1.54, 1.807) is 4.90 Å². The van der Waals surface area contributed by atoms with Gasteiger partial charge in [0.15, 0.2) is 0 Å². The number of carboxylic acid groups (broad SMARTS) is 1. The number of alkyl halides is 1. The lowest BCUT2D eigenvalue weighted by Crippen LogP contribution is -2.35. The number of hydrogen-bond donors (Lipinski definition) is 1. The number of carboxylic acids is 1. The molecule has 1 aromatic carbocycles. The second-order valence-corrected chi connectivity index (χ2v) is 4.10. The number of hydrogen-bond acceptors (Lipinski definition) is 2. The number of benzene rings is 1. The van der Waals surface area contributed by atoms with Crippen LogP contribution < -0.4 is 0 Å². The first kappa shape index (κ1) is 11.1. The Kier molecular flexibility index (Phi) is 3.19. The van der Waals surface area contributed by atoms with Gasteiger partial charge in [-0.2, -0.15) is 0 Å². The van der Waals surface area contributed by atoms with Crippen molar-refractivity contribution in [3.63, 3.8) is 0 Å². The Balaban J connectivity index is 2.06. The highest BCUT2D eigenvalue weighted by Gasteiger charge is 2.36. The van der Waals surface area contributed by atoms with E-state index in [1.807, 2.05) is 30.3 Å². The maximum Gasteiger partial charge on any atom is 0.321 e. The molecule has 0 amide bonds. The minimum absolute atomic E-state index is 0.0994. The van der Waals surface area contributed by atoms with Crippen molar-refractivity contribution >= 4 is 5.97 Å². The van der Waals surface area contributed by atoms with E-state index in [0.717, 1.165) is 5.56 Å². The molecule has 0 aliphatic carbocycles. The highest BCUT2D eigenvalue weighted by Crippen LogP contribution is 2.22. The number of halogens is 1. The highest BCUT2D eigenvalue weighted by molar-refractivity contribution is 5.74. The number of rotatable bonds is 3. The van der Waals surface area contributed by atoms with Gasteiger partial charge in [0.2, 0.25) is 0 Å². The van der Waals surface area contributed by atoms with Crippen LogP contribution in [0.4, 0.5) is 4.39 Å². The quantitative estimate of drug-likeness (QED) is 0.847. The number of aliphatic carboxylic acids is 1. The summed E-state index contributed by atoms with van der Waals surface area (Å²) in [4.78, 5) is 12.6. The molecule has 0 aromatic heterocycles. The van der Waals surface area contributed by atoms with E-state index in [-0.39, 0.29) is 13.0 Å². The van der Waals surface area contributed by atoms with Gasteiger partial charge >= 0.3 is 5.97 Å². The molecule has 2 rings (SSSR count). The summed E-state index contributed by atoms with van der Waals surface area (Å²) >= 11 is 0. The van der Waals surface area contributed by atoms with E-state index in [4.69, 9.17) is 5.11 Å². The zero-order chi connectivity index (χ0) is 11.5. The molecule has 1 aliphatic rings. The Hall–Kier alpha value is -1.42. The zero-order valence-corrected chi connectivity index (χ0v) is 8.84. The molecule has 0 saturated carbocycles. The highest BCUT2D eigenvalue weighted by atomic mass is 19.1. The van der Waals surface area contributed by atoms with Gasteiger partial charge in [0.1, 0.15) is 12.2 Å². The summed E-state index contributed by atoms with van der Waals surface area (Å²) in [6.07, 6.45) is -0.924. The number of likely N-dealkylation sites (tertiary alicyclic amines) is 1. The SMILES string of the molecule is O=C(O)[C@@H]1C[C@H](F)CN1Cc1ccccc1. The molecule has 0 radical (unpaired) electrons. The van der Waals surface area contributed by atoms with Gasteiger partial charge in [-0.05, 0) is 5.56 Å². The van der Waals surface area contributed by atoms with Crippen LogP contribution in [-0.2, 0) is 11.3 Å². The summed E-state index contributed by atoms with van der Waals surface area (Å²) in [5, 5.41) is 8.97. The van der Waals surface area contributed by atoms with Gasteiger partial charge in [-0.1, -0.05) is 30.3 Å². The topological polar surface area (TPSA) is 40.5 Å². The van der Waals surface area contributed by atoms with Crippen molar-refractivity contribution in [2.24, 2.45) is 0 Å². The average Bonchev–Trinajstić information content (AvgIpc) is 2.61. The maximum absolute atomic E-state index is 13.2. The molecule has 1 aromatic rings. The van der Waals surface area contributed by atoms with E-state index in [0.29, 0.717) is 6.54 Å². The number of carbonyl (C=O) groups is 1. The van der Waals surface area contributed by atoms with Gasteiger partial charge < -0.3 is 5.11 Å². The molecule has 1 N–H and O–H groups in total. The van der Waals surface area contributed by atoms with Crippen LogP contribution in [0, 0.1) is 0 Å². The van der Waals surface area contributed by atoms with Crippen LogP contribution in [0.25, 0.3) is 0 Å². The zero-order valence-electron chi connectivity index (χ0n) is 8.84. The molecule has 16 heavy (non-hydrogen) atoms. The third-order valence-electron chi connectivity index (χ3n) is 2.87. The fraction of sp³-hybridized carbons (Fsp3) is 0.417. The summed E-state index contributed by atoms with van der Waals surface area (Å²) < 4.78 is 13.2. The minimum Gasteiger partial charge on any atom is -0.480 e. The van der Waals surface area contributed by atoms with Crippen molar-refractivity contribution < 1.29 is 14.3 Å². The summed E-state index contributed by atoms with van der Waals surface area (Å²) in [5.41, 5.74) is 1.02. The van der Waals surface area contributed by atoms with Crippen molar-refractivity contribution in [1.29, 1.82) is 0 Å². The van der Waals surface area contributed by atoms with Crippen LogP contribution in [0.3, 0.4) is 0 Å². The van der Waals surface area contributed by atoms with Gasteiger partial charge in [0.05, 0.1) is 0 Å². The fourth-order valence-electron chi connectivity index (χ4n) is 2.10. The molecule has 1 aliphatic heterocycles. The smallest absolute Gasteiger partial charge is 0.321 e. The van der Waals surface area contributed by atoms with Crippen LogP contribution in [0.1, 0.15) is 12.0 Å². The summed E-state index contributed by atoms with van der Waals surface area (Å²) in [5.74, 6) is -0.934. The second kappa shape index (κ2) is 4.61. The second-order valence-electron chi connectivity index (χ2n) is 4.10. The third-order valence-corrected chi connectivity index (χ3v) is 2.87. The average molecular weight is 223 g/mol. The molecular formula is C12H14FNO2. The lowest BCUT2D eigenvalue weighted by Gasteiger charge is -2.20. The third kappa shape index (κ3) is 2.39. The van der Waals surface area contributed by atoms with Crippen molar-refractivity contribution in [1.82, 2.24) is 4.90 Å². The van der Waals surface area contributed by atoms with Crippen molar-refractivity contribution in [3.8, 4) is 0 Å². The van der Waals surface area contributed by atoms with Crippen molar-refractivity contribution in [3.05, 3.63) is 35.9 Å². The molecule has 4 heteroatoms. The first-order chi connectivity index (χ1) is 7.66. The molecule has 1 saturated heterocycles. The predicted octanol–water partition coefficient (Wildman–Crippen LogP) is 1.68. The van der Waals surface area contributed by atoms with Crippen molar-refractivity contribution in [2.45, 2.75) is 25.2 Å². The van der Waals surface area contributed by atoms with Gasteiger partial charge in [-0.25, -0.2) is 4.39 Å². The summed E-state index contributed by atoms with van der Waals surface area (Å²) in [6, 6.07) is 8.85. The van der Waals surface area contributed by atoms with Gasteiger partial charge in [0.25, 0.3) is 0 Å². The van der Waals surface area contributed by atoms with E-state index in [1.165, 1.54) is 0 Å². The Bertz CT molecular complexity index is 369. The van der Waals surface area contributed by atoms with Crippen LogP contribution in [-0.4, -0.2) is 34.7 Å². The van der Waals surface area contributed by atoms with Crippen LogP contribution in [0.5, 0.6) is 0 Å². The van der Waals surface area contributed by atoms with Gasteiger partial charge in [-0.15, -0.1) is 0 Å². The van der Waals surface area contributed by atoms with E-state index < -0.39 is 18.2 Å². The molecule has 0 spiro atoms. The fourth-order valence-corrected chi connectivity index (χ4v) is 2.10. The molecule has 86 valence electrons. The summed E-state index contributed by atoms with van der Waals surface area (Å²) in [7, 11) is 0. The first-order valence-corrected chi connectivity index (χ1v) is 5.31. The molecule has 1 fully saturated rings. The lowest BCUT2D eigenvalue weighted by molar-refractivity contribution is -0.142. The molecule has 2 atom stereocenters. The first-order valence-electron chi connectivity index (χ1n) is 5.31. The van der Waals surface area contributed by atoms with Crippen molar-refractivity contribution in [2.75, 3.05) is 6.54 Å². The van der Waals surface area contributed by atoms with E-state index >= 15 is 0 Å². The minimum atomic E-state index is -1.02. The largest absolute Gasteiger partial charge is 0.480 e. The summed E-state index contributed by atoms with van der Waals surface area (Å²) in [6.45, 7) is 0.712. The Morgan fingerprint density at radius 3 is 2.75 bits per heavy atom. The maximum atomic E-state index is 13.2. The van der Waals surface area contributed by atoms with Crippen LogP contribution in [0.15, 0.2) is 30.3 Å². The van der Waals surface area contributed by atoms with Crippen LogP contribution >= 0.6 is 0 Å². The Morgan fingerprint density at radius 1 is 1.44 bits per heavy atom. The van der Waals surface area contributed by atoms with Crippen LogP contribution in [0.2, 0.25) is 0 Å². The monoisotopic (exact) mass is 223 g/mol. The van der Waals surface area contributed by atoms with Gasteiger partial charge in [0, 0.05) is 19.5 Å². The number of nitrogens with zero attached hydrogens (tertiary/aromatic N) is 1. The molecule has 0 unspecified atom stereocenters.